The van der Waals surface area contributed by atoms with Gasteiger partial charge in [0.1, 0.15) is 0 Å². The Morgan fingerprint density at radius 2 is 1.07 bits per heavy atom. The first kappa shape index (κ1) is 25.6. The van der Waals surface area contributed by atoms with Gasteiger partial charge in [-0.2, -0.15) is 0 Å². The van der Waals surface area contributed by atoms with Crippen molar-refractivity contribution in [3.8, 4) is 39.1 Å². The Labute approximate surface area is 259 Å². The first-order chi connectivity index (χ1) is 21.8. The topological polar surface area (TPSA) is 4.93 Å². The summed E-state index contributed by atoms with van der Waals surface area (Å²) in [6.07, 6.45) is 7.71. The van der Waals surface area contributed by atoms with Crippen LogP contribution in [0.2, 0.25) is 0 Å². The fourth-order valence-corrected chi connectivity index (χ4v) is 8.20. The fraction of sp³-hybridized carbons (Fsp3) is 0.163. The largest absolute Gasteiger partial charge is 0.309 e. The van der Waals surface area contributed by atoms with Gasteiger partial charge in [-0.3, -0.25) is 0 Å². The molecule has 0 unspecified atom stereocenters. The van der Waals surface area contributed by atoms with Gasteiger partial charge >= 0.3 is 0 Å². The third-order valence-electron chi connectivity index (χ3n) is 10.3. The zero-order valence-electron chi connectivity index (χ0n) is 25.0. The Kier molecular flexibility index (Phi) is 6.04. The predicted octanol–water partition coefficient (Wildman–Crippen LogP) is 11.7. The lowest BCUT2D eigenvalue weighted by molar-refractivity contribution is 0.444. The Morgan fingerprint density at radius 3 is 1.91 bits per heavy atom. The van der Waals surface area contributed by atoms with Crippen LogP contribution in [0, 0.1) is 0 Å². The first-order valence-electron chi connectivity index (χ1n) is 16.3. The van der Waals surface area contributed by atoms with Gasteiger partial charge in [0.05, 0.1) is 16.7 Å². The second-order valence-corrected chi connectivity index (χ2v) is 12.7. The van der Waals surface area contributed by atoms with E-state index < -0.39 is 0 Å². The summed E-state index contributed by atoms with van der Waals surface area (Å²) >= 11 is 0. The normalized spacial score (nSPS) is 14.6. The minimum absolute atomic E-state index is 0.688. The lowest BCUT2D eigenvalue weighted by Gasteiger charge is -2.22. The predicted molar refractivity (Wildman–Crippen MR) is 186 cm³/mol. The summed E-state index contributed by atoms with van der Waals surface area (Å²) in [5, 5.41) is 2.70. The molecule has 9 rings (SSSR count). The van der Waals surface area contributed by atoms with Gasteiger partial charge in [-0.1, -0.05) is 128 Å². The van der Waals surface area contributed by atoms with E-state index in [1.165, 1.54) is 110 Å². The lowest BCUT2D eigenvalue weighted by Crippen LogP contribution is -2.04. The Hall–Kier alpha value is -4.88. The molecule has 1 nitrogen and oxygen atoms in total. The van der Waals surface area contributed by atoms with Crippen LogP contribution in [0.5, 0.6) is 0 Å². The van der Waals surface area contributed by atoms with E-state index in [-0.39, 0.29) is 0 Å². The third-order valence-corrected chi connectivity index (χ3v) is 10.3. The van der Waals surface area contributed by atoms with Gasteiger partial charge in [0.25, 0.3) is 0 Å². The summed E-state index contributed by atoms with van der Waals surface area (Å²) in [4.78, 5) is 0. The molecule has 0 saturated heterocycles. The number of hydrogen-bond acceptors (Lipinski definition) is 0. The molecule has 1 aromatic heterocycles. The summed E-state index contributed by atoms with van der Waals surface area (Å²) in [6.45, 7) is 0. The van der Waals surface area contributed by atoms with Crippen molar-refractivity contribution in [1.29, 1.82) is 0 Å². The van der Waals surface area contributed by atoms with Crippen LogP contribution in [0.15, 0.2) is 133 Å². The third kappa shape index (κ3) is 3.99. The molecular weight excluding hydrogens is 530 g/mol. The van der Waals surface area contributed by atoms with E-state index in [4.69, 9.17) is 0 Å². The molecule has 7 aromatic rings. The first-order valence-corrected chi connectivity index (χ1v) is 16.3. The van der Waals surface area contributed by atoms with Gasteiger partial charge in [0, 0.05) is 16.3 Å². The molecule has 0 bridgehead atoms. The van der Waals surface area contributed by atoms with E-state index in [1.54, 1.807) is 0 Å². The van der Waals surface area contributed by atoms with Gasteiger partial charge in [-0.15, -0.1) is 0 Å². The maximum absolute atomic E-state index is 2.51. The molecule has 0 spiro atoms. The Morgan fingerprint density at radius 1 is 0.455 bits per heavy atom. The van der Waals surface area contributed by atoms with Crippen molar-refractivity contribution in [2.45, 2.75) is 44.4 Å². The van der Waals surface area contributed by atoms with E-state index in [2.05, 4.69) is 138 Å². The number of rotatable bonds is 4. The van der Waals surface area contributed by atoms with Crippen molar-refractivity contribution in [3.05, 3.63) is 150 Å². The zero-order chi connectivity index (χ0) is 29.0. The molecule has 0 radical (unpaired) electrons. The summed E-state index contributed by atoms with van der Waals surface area (Å²) in [5.41, 5.74) is 16.1. The van der Waals surface area contributed by atoms with Crippen molar-refractivity contribution in [1.82, 2.24) is 4.57 Å². The molecule has 1 saturated carbocycles. The molecule has 0 N–H and O–H groups in total. The molecule has 1 heteroatoms. The molecule has 2 aliphatic rings. The van der Waals surface area contributed by atoms with E-state index in [0.717, 1.165) is 6.42 Å². The van der Waals surface area contributed by atoms with Crippen molar-refractivity contribution in [2.24, 2.45) is 0 Å². The smallest absolute Gasteiger partial charge is 0.0541 e. The second-order valence-electron chi connectivity index (χ2n) is 12.7. The van der Waals surface area contributed by atoms with Crippen LogP contribution in [0.25, 0.3) is 60.9 Å². The van der Waals surface area contributed by atoms with Crippen LogP contribution in [-0.2, 0) is 6.42 Å². The molecule has 1 fully saturated rings. The van der Waals surface area contributed by atoms with Crippen LogP contribution in [-0.4, -0.2) is 4.57 Å². The monoisotopic (exact) mass is 565 g/mol. The number of benzene rings is 6. The minimum Gasteiger partial charge on any atom is -0.309 e. The number of nitrogens with zero attached hydrogens (tertiary/aromatic N) is 1. The van der Waals surface area contributed by atoms with Gasteiger partial charge in [-0.05, 0) is 94.0 Å². The number of para-hydroxylation sites is 2. The molecule has 2 aliphatic carbocycles. The highest BCUT2D eigenvalue weighted by Gasteiger charge is 2.24. The maximum atomic E-state index is 2.51. The molecule has 44 heavy (non-hydrogen) atoms. The van der Waals surface area contributed by atoms with Crippen molar-refractivity contribution < 1.29 is 0 Å². The maximum Gasteiger partial charge on any atom is 0.0541 e. The fourth-order valence-electron chi connectivity index (χ4n) is 8.20. The zero-order valence-corrected chi connectivity index (χ0v) is 25.0. The average molecular weight is 566 g/mol. The SMILES string of the molecule is c1ccc2c(c1)Cc1c-2cccc1-c1ccccc1-c1ccccc1-n1c2ccccc2c2cc(C3CCCCC3)ccc21. The van der Waals surface area contributed by atoms with Gasteiger partial charge in [0.2, 0.25) is 0 Å². The van der Waals surface area contributed by atoms with E-state index >= 15 is 0 Å². The molecule has 0 aliphatic heterocycles. The Bertz CT molecular complexity index is 2190. The van der Waals surface area contributed by atoms with E-state index in [0.29, 0.717) is 5.92 Å². The summed E-state index contributed by atoms with van der Waals surface area (Å²) in [7, 11) is 0. The van der Waals surface area contributed by atoms with E-state index in [9.17, 15) is 0 Å². The van der Waals surface area contributed by atoms with E-state index in [1.807, 2.05) is 0 Å². The van der Waals surface area contributed by atoms with Crippen LogP contribution in [0.3, 0.4) is 0 Å². The lowest BCUT2D eigenvalue weighted by atomic mass is 9.84. The molecule has 6 aromatic carbocycles. The van der Waals surface area contributed by atoms with Gasteiger partial charge in [0.15, 0.2) is 0 Å². The highest BCUT2D eigenvalue weighted by atomic mass is 15.0. The number of aromatic nitrogens is 1. The van der Waals surface area contributed by atoms with Gasteiger partial charge in [-0.25, -0.2) is 0 Å². The minimum atomic E-state index is 0.688. The summed E-state index contributed by atoms with van der Waals surface area (Å²) < 4.78 is 2.51. The molecule has 1 heterocycles. The quantitative estimate of drug-likeness (QED) is 0.200. The van der Waals surface area contributed by atoms with Crippen molar-refractivity contribution in [3.63, 3.8) is 0 Å². The van der Waals surface area contributed by atoms with Crippen molar-refractivity contribution in [2.75, 3.05) is 0 Å². The molecule has 0 amide bonds. The molecule has 212 valence electrons. The molecular formula is C43H35N. The standard InChI is InChI=1S/C43H35N/c1-2-13-29(14-3-1)30-25-26-43-40(27-30)38-20-9-11-24-42(38)44(43)41-23-10-8-19-37(41)35-18-7-6-17-34(35)36-22-12-21-33-32-16-5-4-15-31(32)28-39(33)36/h4-12,15-27,29H,1-3,13-14,28H2. The van der Waals surface area contributed by atoms with Crippen molar-refractivity contribution >= 4 is 21.8 Å². The van der Waals surface area contributed by atoms with Crippen LogP contribution in [0.1, 0.15) is 54.7 Å². The Balaban J connectivity index is 1.24. The number of hydrogen-bond donors (Lipinski definition) is 0. The highest BCUT2D eigenvalue weighted by molar-refractivity contribution is 6.10. The number of fused-ring (bicyclic) bond motifs is 6. The van der Waals surface area contributed by atoms with Crippen LogP contribution in [0.4, 0.5) is 0 Å². The summed E-state index contributed by atoms with van der Waals surface area (Å²) in [5.74, 6) is 0.688. The summed E-state index contributed by atoms with van der Waals surface area (Å²) in [6, 6.07) is 50.0. The average Bonchev–Trinajstić information content (AvgIpc) is 3.64. The molecule has 0 atom stereocenters. The van der Waals surface area contributed by atoms with Crippen LogP contribution < -0.4 is 0 Å². The van der Waals surface area contributed by atoms with Gasteiger partial charge < -0.3 is 4.57 Å². The van der Waals surface area contributed by atoms with Crippen LogP contribution >= 0.6 is 0 Å². The second kappa shape index (κ2) is 10.4. The highest BCUT2D eigenvalue weighted by Crippen LogP contribution is 2.45.